The zero-order chi connectivity index (χ0) is 12.8. The van der Waals surface area contributed by atoms with Gasteiger partial charge in [0.1, 0.15) is 0 Å². The van der Waals surface area contributed by atoms with Gasteiger partial charge >= 0.3 is 11.9 Å². The fraction of sp³-hybridized carbons (Fsp3) is 0.800. The molecule has 0 unspecified atom stereocenters. The highest BCUT2D eigenvalue weighted by Gasteiger charge is 2.25. The maximum absolute atomic E-state index is 11.1. The van der Waals surface area contributed by atoms with E-state index in [2.05, 4.69) is 9.47 Å². The molecule has 6 heteroatoms. The van der Waals surface area contributed by atoms with Gasteiger partial charge in [-0.1, -0.05) is 0 Å². The van der Waals surface area contributed by atoms with Crippen molar-refractivity contribution in [2.75, 3.05) is 14.2 Å². The van der Waals surface area contributed by atoms with Crippen LogP contribution >= 0.6 is 0 Å². The number of hydrogen-bond donors (Lipinski definition) is 0. The summed E-state index contributed by atoms with van der Waals surface area (Å²) in [5, 5.41) is 0. The smallest absolute Gasteiger partial charge is 0.308 e. The lowest BCUT2D eigenvalue weighted by molar-refractivity contribution is -0.145. The number of ether oxygens (including phenoxy) is 2. The summed E-state index contributed by atoms with van der Waals surface area (Å²) in [6.45, 7) is 5.98. The Morgan fingerprint density at radius 1 is 1.00 bits per heavy atom. The predicted molar refractivity (Wildman–Crippen MR) is 61.5 cm³/mol. The van der Waals surface area contributed by atoms with Crippen LogP contribution in [0.15, 0.2) is 0 Å². The molecule has 0 saturated heterocycles. The monoisotopic (exact) mass is 248 g/mol. The lowest BCUT2D eigenvalue weighted by Gasteiger charge is -2.24. The van der Waals surface area contributed by atoms with E-state index in [1.807, 2.05) is 19.6 Å². The molecule has 94 valence electrons. The first-order valence-electron chi connectivity index (χ1n) is 5.10. The number of methoxy groups -OCH3 is 2. The van der Waals surface area contributed by atoms with Crippen LogP contribution in [0.2, 0.25) is 19.6 Å². The fourth-order valence-corrected chi connectivity index (χ4v) is 2.36. The Balaban J connectivity index is 4.38. The third-order valence-electron chi connectivity index (χ3n) is 1.76. The van der Waals surface area contributed by atoms with Gasteiger partial charge < -0.3 is 13.9 Å². The van der Waals surface area contributed by atoms with Crippen molar-refractivity contribution in [3.05, 3.63) is 0 Å². The lowest BCUT2D eigenvalue weighted by atomic mass is 10.2. The van der Waals surface area contributed by atoms with Crippen molar-refractivity contribution in [1.82, 2.24) is 0 Å². The molecular weight excluding hydrogens is 228 g/mol. The predicted octanol–water partition coefficient (Wildman–Crippen LogP) is 1.33. The fourth-order valence-electron chi connectivity index (χ4n) is 1.19. The molecule has 0 amide bonds. The molecule has 0 aliphatic carbocycles. The summed E-state index contributed by atoms with van der Waals surface area (Å²) in [5.74, 6) is -0.765. The summed E-state index contributed by atoms with van der Waals surface area (Å²) < 4.78 is 14.8. The van der Waals surface area contributed by atoms with E-state index >= 15 is 0 Å². The average Bonchev–Trinajstić information content (AvgIpc) is 2.14. The first kappa shape index (κ1) is 15.1. The molecule has 0 atom stereocenters. The van der Waals surface area contributed by atoms with Gasteiger partial charge in [0.15, 0.2) is 8.32 Å². The van der Waals surface area contributed by atoms with Crippen LogP contribution in [-0.4, -0.2) is 40.6 Å². The standard InChI is InChI=1S/C10H20O5Si/c1-13-9(11)6-8(7-10(12)14-2)15-16(3,4)5/h8H,6-7H2,1-5H3. The van der Waals surface area contributed by atoms with E-state index in [4.69, 9.17) is 4.43 Å². The summed E-state index contributed by atoms with van der Waals surface area (Å²) in [7, 11) is 0.828. The van der Waals surface area contributed by atoms with Crippen molar-refractivity contribution < 1.29 is 23.5 Å². The highest BCUT2D eigenvalue weighted by molar-refractivity contribution is 6.69. The molecule has 0 aromatic heterocycles. The van der Waals surface area contributed by atoms with Crippen LogP contribution in [0.3, 0.4) is 0 Å². The number of carbonyl (C=O) groups is 2. The molecular formula is C10H20O5Si. The first-order valence-corrected chi connectivity index (χ1v) is 8.50. The van der Waals surface area contributed by atoms with Gasteiger partial charge in [-0.25, -0.2) is 0 Å². The zero-order valence-electron chi connectivity index (χ0n) is 10.5. The van der Waals surface area contributed by atoms with Gasteiger partial charge in [-0.05, 0) is 19.6 Å². The molecule has 0 aromatic rings. The van der Waals surface area contributed by atoms with Crippen molar-refractivity contribution in [3.63, 3.8) is 0 Å². The minimum Gasteiger partial charge on any atom is -0.469 e. The van der Waals surface area contributed by atoms with Crippen LogP contribution in [0.1, 0.15) is 12.8 Å². The summed E-state index contributed by atoms with van der Waals surface area (Å²) in [6.07, 6.45) is -0.294. The minimum absolute atomic E-state index is 0.0792. The molecule has 0 aliphatic rings. The van der Waals surface area contributed by atoms with Crippen LogP contribution in [0, 0.1) is 0 Å². The Bertz CT molecular complexity index is 228. The third-order valence-corrected chi connectivity index (χ3v) is 2.80. The Hall–Kier alpha value is -0.883. The summed E-state index contributed by atoms with van der Waals surface area (Å²) in [5.41, 5.74) is 0. The van der Waals surface area contributed by atoms with E-state index < -0.39 is 14.4 Å². The quantitative estimate of drug-likeness (QED) is 0.524. The van der Waals surface area contributed by atoms with Gasteiger partial charge in [0, 0.05) is 0 Å². The van der Waals surface area contributed by atoms with Crippen molar-refractivity contribution in [2.24, 2.45) is 0 Å². The first-order chi connectivity index (χ1) is 7.28. The van der Waals surface area contributed by atoms with E-state index in [0.29, 0.717) is 0 Å². The van der Waals surface area contributed by atoms with Gasteiger partial charge in [0.25, 0.3) is 0 Å². The Kier molecular flexibility index (Phi) is 6.28. The van der Waals surface area contributed by atoms with Crippen LogP contribution in [0.5, 0.6) is 0 Å². The molecule has 0 rings (SSSR count). The highest BCUT2D eigenvalue weighted by Crippen LogP contribution is 2.14. The average molecular weight is 248 g/mol. The summed E-state index contributed by atoms with van der Waals surface area (Å²) >= 11 is 0. The van der Waals surface area contributed by atoms with E-state index in [1.165, 1.54) is 14.2 Å². The van der Waals surface area contributed by atoms with E-state index in [0.717, 1.165) is 0 Å². The van der Waals surface area contributed by atoms with E-state index in [9.17, 15) is 9.59 Å². The second kappa shape index (κ2) is 6.65. The summed E-state index contributed by atoms with van der Waals surface area (Å²) in [4.78, 5) is 22.3. The molecule has 16 heavy (non-hydrogen) atoms. The van der Waals surface area contributed by atoms with Crippen LogP contribution < -0.4 is 0 Å². The molecule has 0 spiro atoms. The highest BCUT2D eigenvalue weighted by atomic mass is 28.4. The largest absolute Gasteiger partial charge is 0.469 e. The van der Waals surface area contributed by atoms with Crippen LogP contribution in [0.25, 0.3) is 0 Å². The minimum atomic E-state index is -1.80. The molecule has 0 saturated carbocycles. The topological polar surface area (TPSA) is 61.8 Å². The van der Waals surface area contributed by atoms with Crippen LogP contribution in [0.4, 0.5) is 0 Å². The molecule has 0 fully saturated rings. The van der Waals surface area contributed by atoms with E-state index in [-0.39, 0.29) is 24.8 Å². The van der Waals surface area contributed by atoms with Crippen molar-refractivity contribution >= 4 is 20.3 Å². The number of rotatable bonds is 6. The lowest BCUT2D eigenvalue weighted by Crippen LogP contribution is -2.35. The third kappa shape index (κ3) is 7.41. The van der Waals surface area contributed by atoms with E-state index in [1.54, 1.807) is 0 Å². The second-order valence-electron chi connectivity index (χ2n) is 4.41. The molecule has 0 aliphatic heterocycles. The zero-order valence-corrected chi connectivity index (χ0v) is 11.5. The molecule has 5 nitrogen and oxygen atoms in total. The maximum Gasteiger partial charge on any atom is 0.308 e. The van der Waals surface area contributed by atoms with Gasteiger partial charge in [-0.2, -0.15) is 0 Å². The molecule has 0 N–H and O–H groups in total. The van der Waals surface area contributed by atoms with Crippen molar-refractivity contribution in [1.29, 1.82) is 0 Å². The molecule has 0 radical (unpaired) electrons. The van der Waals surface area contributed by atoms with Gasteiger partial charge in [-0.3, -0.25) is 9.59 Å². The Labute approximate surface area is 97.2 Å². The number of hydrogen-bond acceptors (Lipinski definition) is 5. The number of carbonyl (C=O) groups excluding carboxylic acids is 2. The number of esters is 2. The maximum atomic E-state index is 11.1. The van der Waals surface area contributed by atoms with Gasteiger partial charge in [0.2, 0.25) is 0 Å². The normalized spacial score (nSPS) is 11.4. The van der Waals surface area contributed by atoms with Crippen molar-refractivity contribution in [3.8, 4) is 0 Å². The molecule has 0 bridgehead atoms. The summed E-state index contributed by atoms with van der Waals surface area (Å²) in [6, 6.07) is 0. The Morgan fingerprint density at radius 3 is 1.62 bits per heavy atom. The molecule has 0 heterocycles. The Morgan fingerprint density at radius 2 is 1.38 bits per heavy atom. The van der Waals surface area contributed by atoms with Crippen molar-refractivity contribution in [2.45, 2.75) is 38.6 Å². The second-order valence-corrected chi connectivity index (χ2v) is 8.87. The van der Waals surface area contributed by atoms with Gasteiger partial charge in [0.05, 0.1) is 33.2 Å². The molecule has 0 aromatic carbocycles. The van der Waals surface area contributed by atoms with Crippen LogP contribution in [-0.2, 0) is 23.5 Å². The van der Waals surface area contributed by atoms with Gasteiger partial charge in [-0.15, -0.1) is 0 Å². The SMILES string of the molecule is COC(=O)CC(CC(=O)OC)O[Si](C)(C)C.